The summed E-state index contributed by atoms with van der Waals surface area (Å²) in [5.74, 6) is 3.39. The lowest BCUT2D eigenvalue weighted by Crippen LogP contribution is -2.31. The van der Waals surface area contributed by atoms with Gasteiger partial charge in [-0.1, -0.05) is 20.8 Å². The van der Waals surface area contributed by atoms with E-state index in [1.54, 1.807) is 7.11 Å². The minimum absolute atomic E-state index is 0.107. The van der Waals surface area contributed by atoms with Crippen LogP contribution in [-0.2, 0) is 5.41 Å². The standard InChI is InChI=1S/C16H25NOS/c1-11-8-15(18-5)13(16(2,3)4)9-12(11)14-10-19-7-6-17-14/h8-9,14,17H,6-7,10H2,1-5H3. The van der Waals surface area contributed by atoms with Crippen LogP contribution in [-0.4, -0.2) is 25.2 Å². The van der Waals surface area contributed by atoms with Gasteiger partial charge >= 0.3 is 0 Å². The molecule has 0 saturated carbocycles. The van der Waals surface area contributed by atoms with E-state index in [9.17, 15) is 0 Å². The first kappa shape index (κ1) is 14.7. The second-order valence-electron chi connectivity index (χ2n) is 6.24. The van der Waals surface area contributed by atoms with Gasteiger partial charge in [-0.2, -0.15) is 11.8 Å². The molecule has 1 aromatic carbocycles. The molecule has 0 aromatic heterocycles. The molecule has 2 nitrogen and oxygen atoms in total. The van der Waals surface area contributed by atoms with E-state index in [0.29, 0.717) is 6.04 Å². The SMILES string of the molecule is COc1cc(C)c(C2CSCCN2)cc1C(C)(C)C. The van der Waals surface area contributed by atoms with Crippen molar-refractivity contribution >= 4 is 11.8 Å². The van der Waals surface area contributed by atoms with Crippen LogP contribution in [0.25, 0.3) is 0 Å². The molecule has 1 N–H and O–H groups in total. The van der Waals surface area contributed by atoms with Gasteiger partial charge in [-0.05, 0) is 41.2 Å². The summed E-state index contributed by atoms with van der Waals surface area (Å²) >= 11 is 2.04. The smallest absolute Gasteiger partial charge is 0.122 e. The number of hydrogen-bond acceptors (Lipinski definition) is 3. The number of benzene rings is 1. The van der Waals surface area contributed by atoms with Gasteiger partial charge in [0.15, 0.2) is 0 Å². The van der Waals surface area contributed by atoms with Crippen molar-refractivity contribution in [2.24, 2.45) is 0 Å². The van der Waals surface area contributed by atoms with E-state index in [1.165, 1.54) is 22.4 Å². The van der Waals surface area contributed by atoms with Crippen molar-refractivity contribution in [3.63, 3.8) is 0 Å². The molecule has 0 radical (unpaired) electrons. The van der Waals surface area contributed by atoms with Crippen molar-refractivity contribution in [2.75, 3.05) is 25.2 Å². The van der Waals surface area contributed by atoms with Gasteiger partial charge < -0.3 is 10.1 Å². The highest BCUT2D eigenvalue weighted by Gasteiger charge is 2.24. The summed E-state index contributed by atoms with van der Waals surface area (Å²) in [5, 5.41) is 3.63. The summed E-state index contributed by atoms with van der Waals surface area (Å²) in [6.07, 6.45) is 0. The largest absolute Gasteiger partial charge is 0.496 e. The number of aryl methyl sites for hydroxylation is 1. The summed E-state index contributed by atoms with van der Waals surface area (Å²) in [4.78, 5) is 0. The van der Waals surface area contributed by atoms with Gasteiger partial charge in [0.2, 0.25) is 0 Å². The molecule has 0 aliphatic carbocycles. The van der Waals surface area contributed by atoms with Crippen molar-refractivity contribution in [1.29, 1.82) is 0 Å². The van der Waals surface area contributed by atoms with E-state index in [4.69, 9.17) is 4.74 Å². The van der Waals surface area contributed by atoms with Gasteiger partial charge in [-0.15, -0.1) is 0 Å². The van der Waals surface area contributed by atoms with E-state index in [1.807, 2.05) is 11.8 Å². The molecule has 1 aliphatic rings. The average Bonchev–Trinajstić information content (AvgIpc) is 2.38. The third-order valence-corrected chi connectivity index (χ3v) is 4.76. The summed E-state index contributed by atoms with van der Waals surface area (Å²) in [7, 11) is 1.76. The van der Waals surface area contributed by atoms with Gasteiger partial charge in [0.25, 0.3) is 0 Å². The number of thioether (sulfide) groups is 1. The number of ether oxygens (including phenoxy) is 1. The van der Waals surface area contributed by atoms with Crippen LogP contribution < -0.4 is 10.1 Å². The Balaban J connectivity index is 2.44. The molecule has 3 heteroatoms. The predicted molar refractivity (Wildman–Crippen MR) is 84.5 cm³/mol. The Kier molecular flexibility index (Phi) is 4.46. The fraction of sp³-hybridized carbons (Fsp3) is 0.625. The molecule has 0 spiro atoms. The van der Waals surface area contributed by atoms with Crippen LogP contribution in [0.5, 0.6) is 5.75 Å². The zero-order valence-corrected chi connectivity index (χ0v) is 13.5. The number of hydrogen-bond donors (Lipinski definition) is 1. The first-order chi connectivity index (χ1) is 8.93. The molecule has 2 rings (SSSR count). The van der Waals surface area contributed by atoms with E-state index in [2.05, 4.69) is 45.1 Å². The fourth-order valence-electron chi connectivity index (χ4n) is 2.59. The van der Waals surface area contributed by atoms with Gasteiger partial charge in [-0.3, -0.25) is 0 Å². The molecule has 0 bridgehead atoms. The molecule has 106 valence electrons. The van der Waals surface area contributed by atoms with E-state index in [0.717, 1.165) is 18.0 Å². The molecule has 1 aliphatic heterocycles. The van der Waals surface area contributed by atoms with Crippen LogP contribution in [0.4, 0.5) is 0 Å². The van der Waals surface area contributed by atoms with E-state index in [-0.39, 0.29) is 5.41 Å². The predicted octanol–water partition coefficient (Wildman–Crippen LogP) is 3.68. The maximum Gasteiger partial charge on any atom is 0.122 e. The molecular formula is C16H25NOS. The molecule has 19 heavy (non-hydrogen) atoms. The summed E-state index contributed by atoms with van der Waals surface area (Å²) in [6, 6.07) is 5.01. The van der Waals surface area contributed by atoms with Gasteiger partial charge in [0.1, 0.15) is 5.75 Å². The van der Waals surface area contributed by atoms with Crippen molar-refractivity contribution in [1.82, 2.24) is 5.32 Å². The van der Waals surface area contributed by atoms with Crippen LogP contribution >= 0.6 is 11.8 Å². The third-order valence-electron chi connectivity index (χ3n) is 3.69. The molecule has 1 unspecified atom stereocenters. The molecule has 1 atom stereocenters. The maximum absolute atomic E-state index is 5.57. The van der Waals surface area contributed by atoms with Crippen LogP contribution in [0, 0.1) is 6.92 Å². The first-order valence-corrected chi connectivity index (χ1v) is 8.09. The number of methoxy groups -OCH3 is 1. The zero-order chi connectivity index (χ0) is 14.0. The lowest BCUT2D eigenvalue weighted by molar-refractivity contribution is 0.396. The molecule has 0 amide bonds. The molecule has 1 fully saturated rings. The molecule has 1 heterocycles. The van der Waals surface area contributed by atoms with E-state index >= 15 is 0 Å². The highest BCUT2D eigenvalue weighted by molar-refractivity contribution is 7.99. The van der Waals surface area contributed by atoms with Crippen LogP contribution in [0.15, 0.2) is 12.1 Å². The lowest BCUT2D eigenvalue weighted by Gasteiger charge is -2.29. The monoisotopic (exact) mass is 279 g/mol. The Hall–Kier alpha value is -0.670. The second kappa shape index (κ2) is 5.76. The Morgan fingerprint density at radius 3 is 2.58 bits per heavy atom. The Morgan fingerprint density at radius 2 is 2.05 bits per heavy atom. The van der Waals surface area contributed by atoms with Crippen molar-refractivity contribution in [3.05, 3.63) is 28.8 Å². The minimum Gasteiger partial charge on any atom is -0.496 e. The normalized spacial score (nSPS) is 20.4. The van der Waals surface area contributed by atoms with E-state index < -0.39 is 0 Å². The third kappa shape index (κ3) is 3.26. The zero-order valence-electron chi connectivity index (χ0n) is 12.7. The van der Waals surface area contributed by atoms with Crippen molar-refractivity contribution in [3.8, 4) is 5.75 Å². The summed E-state index contributed by atoms with van der Waals surface area (Å²) < 4.78 is 5.57. The molecule has 1 aromatic rings. The Labute approximate surface area is 121 Å². The fourth-order valence-corrected chi connectivity index (χ4v) is 3.56. The quantitative estimate of drug-likeness (QED) is 0.892. The Bertz CT molecular complexity index is 445. The first-order valence-electron chi connectivity index (χ1n) is 6.93. The highest BCUT2D eigenvalue weighted by atomic mass is 32.2. The Morgan fingerprint density at radius 1 is 1.32 bits per heavy atom. The second-order valence-corrected chi connectivity index (χ2v) is 7.39. The number of nitrogens with one attached hydrogen (secondary N) is 1. The molecular weight excluding hydrogens is 254 g/mol. The van der Waals surface area contributed by atoms with Crippen molar-refractivity contribution in [2.45, 2.75) is 39.2 Å². The van der Waals surface area contributed by atoms with Crippen molar-refractivity contribution < 1.29 is 4.74 Å². The summed E-state index contributed by atoms with van der Waals surface area (Å²) in [5.41, 5.74) is 4.16. The highest BCUT2D eigenvalue weighted by Crippen LogP contribution is 2.36. The summed E-state index contributed by atoms with van der Waals surface area (Å²) in [6.45, 7) is 10.0. The topological polar surface area (TPSA) is 21.3 Å². The van der Waals surface area contributed by atoms with Crippen LogP contribution in [0.3, 0.4) is 0 Å². The maximum atomic E-state index is 5.57. The van der Waals surface area contributed by atoms with Crippen LogP contribution in [0.1, 0.15) is 43.5 Å². The van der Waals surface area contributed by atoms with Gasteiger partial charge in [0, 0.05) is 24.1 Å². The molecule has 1 saturated heterocycles. The van der Waals surface area contributed by atoms with Crippen LogP contribution in [0.2, 0.25) is 0 Å². The van der Waals surface area contributed by atoms with Gasteiger partial charge in [0.05, 0.1) is 7.11 Å². The number of rotatable bonds is 2. The minimum atomic E-state index is 0.107. The average molecular weight is 279 g/mol. The lowest BCUT2D eigenvalue weighted by atomic mass is 9.83. The van der Waals surface area contributed by atoms with Gasteiger partial charge in [-0.25, -0.2) is 0 Å².